The molecule has 1 fully saturated rings. The van der Waals surface area contributed by atoms with Crippen molar-refractivity contribution in [2.45, 2.75) is 84.5 Å². The first-order chi connectivity index (χ1) is 10.6. The van der Waals surface area contributed by atoms with Gasteiger partial charge in [-0.1, -0.05) is 51.5 Å². The van der Waals surface area contributed by atoms with Crippen LogP contribution in [0, 0.1) is 5.92 Å². The fraction of sp³-hybridized carbons (Fsp3) is 0.789. The van der Waals surface area contributed by atoms with Crippen LogP contribution in [0.2, 0.25) is 0 Å². The lowest BCUT2D eigenvalue weighted by Gasteiger charge is -2.11. The van der Waals surface area contributed by atoms with Crippen LogP contribution in [-0.2, 0) is 9.59 Å². The second kappa shape index (κ2) is 11.4. The van der Waals surface area contributed by atoms with Crippen molar-refractivity contribution in [1.29, 1.82) is 0 Å². The maximum absolute atomic E-state index is 12.4. The van der Waals surface area contributed by atoms with Crippen molar-refractivity contribution >= 4 is 11.7 Å². The summed E-state index contributed by atoms with van der Waals surface area (Å²) in [4.78, 5) is 23.9. The Kier molecular flexibility index (Phi) is 9.85. The molecular weight excluding hydrogens is 274 g/mol. The lowest BCUT2D eigenvalue weighted by molar-refractivity contribution is -0.126. The maximum atomic E-state index is 12.4. The topological polar surface area (TPSA) is 46.2 Å². The van der Waals surface area contributed by atoms with Gasteiger partial charge < -0.3 is 5.32 Å². The van der Waals surface area contributed by atoms with E-state index in [1.165, 1.54) is 44.9 Å². The number of hydrogen-bond acceptors (Lipinski definition) is 2. The first-order valence-corrected chi connectivity index (χ1v) is 9.12. The Bertz CT molecular complexity index is 374. The highest BCUT2D eigenvalue weighted by Gasteiger charge is 2.24. The van der Waals surface area contributed by atoms with Gasteiger partial charge in [-0.2, -0.15) is 0 Å². The van der Waals surface area contributed by atoms with E-state index < -0.39 is 0 Å². The molecule has 0 aromatic carbocycles. The highest BCUT2D eigenvalue weighted by atomic mass is 16.2. The van der Waals surface area contributed by atoms with Gasteiger partial charge >= 0.3 is 0 Å². The normalized spacial score (nSPS) is 19.6. The summed E-state index contributed by atoms with van der Waals surface area (Å²) < 4.78 is 0. The molecule has 1 atom stereocenters. The fourth-order valence-electron chi connectivity index (χ4n) is 3.04. The van der Waals surface area contributed by atoms with Gasteiger partial charge in [-0.05, 0) is 38.2 Å². The molecule has 1 N–H and O–H groups in total. The summed E-state index contributed by atoms with van der Waals surface area (Å²) in [6, 6.07) is 0. The molecule has 1 amide bonds. The summed E-state index contributed by atoms with van der Waals surface area (Å²) in [6.45, 7) is 4.86. The third-order valence-corrected chi connectivity index (χ3v) is 4.50. The summed E-state index contributed by atoms with van der Waals surface area (Å²) in [7, 11) is 0. The molecule has 0 bridgehead atoms. The van der Waals surface area contributed by atoms with Crippen LogP contribution in [0.15, 0.2) is 11.6 Å². The smallest absolute Gasteiger partial charge is 0.220 e. The summed E-state index contributed by atoms with van der Waals surface area (Å²) >= 11 is 0. The number of amides is 1. The monoisotopic (exact) mass is 307 g/mol. The van der Waals surface area contributed by atoms with Gasteiger partial charge in [0.15, 0.2) is 5.78 Å². The van der Waals surface area contributed by atoms with E-state index in [0.717, 1.165) is 24.8 Å². The van der Waals surface area contributed by atoms with Crippen molar-refractivity contribution in [1.82, 2.24) is 5.32 Å². The molecule has 0 radical (unpaired) electrons. The van der Waals surface area contributed by atoms with Gasteiger partial charge in [0.1, 0.15) is 0 Å². The van der Waals surface area contributed by atoms with Crippen molar-refractivity contribution in [2.24, 2.45) is 5.92 Å². The van der Waals surface area contributed by atoms with Crippen LogP contribution in [0.25, 0.3) is 0 Å². The molecule has 0 aliphatic carbocycles. The minimum atomic E-state index is -0.104. The molecule has 0 unspecified atom stereocenters. The molecule has 3 nitrogen and oxygen atoms in total. The number of unbranched alkanes of at least 4 members (excludes halogenated alkanes) is 7. The summed E-state index contributed by atoms with van der Waals surface area (Å²) in [5.41, 5.74) is 0.852. The number of Topliss-reactive ketones (excluding diaryl/α,β-unsaturated/α-hetero) is 1. The Labute approximate surface area is 135 Å². The SMILES string of the molecule is CCCCCCCCCC=C(C)C(=O)[C@H]1CCCNC(=O)C1. The summed E-state index contributed by atoms with van der Waals surface area (Å²) in [5.74, 6) is 0.100. The molecule has 0 aromatic rings. The molecule has 1 rings (SSSR count). The number of ketones is 1. The number of rotatable bonds is 10. The number of allylic oxidation sites excluding steroid dienone is 2. The highest BCUT2D eigenvalue weighted by Crippen LogP contribution is 2.20. The van der Waals surface area contributed by atoms with Crippen molar-refractivity contribution in [3.8, 4) is 0 Å². The van der Waals surface area contributed by atoms with Crippen molar-refractivity contribution in [2.75, 3.05) is 6.54 Å². The van der Waals surface area contributed by atoms with Gasteiger partial charge in [0, 0.05) is 18.9 Å². The Morgan fingerprint density at radius 2 is 1.86 bits per heavy atom. The van der Waals surface area contributed by atoms with E-state index in [4.69, 9.17) is 0 Å². The van der Waals surface area contributed by atoms with Crippen molar-refractivity contribution in [3.05, 3.63) is 11.6 Å². The van der Waals surface area contributed by atoms with Crippen LogP contribution in [0.3, 0.4) is 0 Å². The molecule has 22 heavy (non-hydrogen) atoms. The summed E-state index contributed by atoms with van der Waals surface area (Å²) in [6.07, 6.45) is 14.3. The molecule has 1 aliphatic heterocycles. The molecule has 0 aromatic heterocycles. The number of nitrogens with one attached hydrogen (secondary N) is 1. The zero-order valence-corrected chi connectivity index (χ0v) is 14.5. The molecule has 0 spiro atoms. The van der Waals surface area contributed by atoms with Gasteiger partial charge in [0.05, 0.1) is 0 Å². The molecule has 3 heteroatoms. The number of carbonyl (C=O) groups is 2. The van der Waals surface area contributed by atoms with Crippen LogP contribution >= 0.6 is 0 Å². The third-order valence-electron chi connectivity index (χ3n) is 4.50. The zero-order chi connectivity index (χ0) is 16.2. The predicted octanol–water partition coefficient (Wildman–Crippen LogP) is 4.56. The molecule has 1 saturated heterocycles. The average molecular weight is 307 g/mol. The first kappa shape index (κ1) is 18.9. The van der Waals surface area contributed by atoms with Gasteiger partial charge in [-0.25, -0.2) is 0 Å². The zero-order valence-electron chi connectivity index (χ0n) is 14.5. The van der Waals surface area contributed by atoms with Gasteiger partial charge in [-0.15, -0.1) is 0 Å². The van der Waals surface area contributed by atoms with Gasteiger partial charge in [0.2, 0.25) is 5.91 Å². The van der Waals surface area contributed by atoms with E-state index in [-0.39, 0.29) is 17.6 Å². The van der Waals surface area contributed by atoms with E-state index >= 15 is 0 Å². The van der Waals surface area contributed by atoms with Gasteiger partial charge in [-0.3, -0.25) is 9.59 Å². The molecule has 1 heterocycles. The lowest BCUT2D eigenvalue weighted by atomic mass is 9.91. The molecule has 126 valence electrons. The van der Waals surface area contributed by atoms with E-state index in [0.29, 0.717) is 13.0 Å². The number of hydrogen-bond donors (Lipinski definition) is 1. The fourth-order valence-corrected chi connectivity index (χ4v) is 3.04. The Balaban J connectivity index is 2.22. The Morgan fingerprint density at radius 1 is 1.18 bits per heavy atom. The Hall–Kier alpha value is -1.12. The first-order valence-electron chi connectivity index (χ1n) is 9.12. The molecular formula is C19H33NO2. The standard InChI is InChI=1S/C19H33NO2/c1-3-4-5-6-7-8-9-10-12-16(2)19(22)17-13-11-14-20-18(21)15-17/h12,17H,3-11,13-15H2,1-2H3,(H,20,21)/t17-/m0/s1. The van der Waals surface area contributed by atoms with E-state index in [9.17, 15) is 9.59 Å². The van der Waals surface area contributed by atoms with Crippen LogP contribution in [0.4, 0.5) is 0 Å². The second-order valence-electron chi connectivity index (χ2n) is 6.55. The minimum Gasteiger partial charge on any atom is -0.356 e. The van der Waals surface area contributed by atoms with Crippen LogP contribution in [0.5, 0.6) is 0 Å². The van der Waals surface area contributed by atoms with Crippen LogP contribution in [0.1, 0.15) is 84.5 Å². The third kappa shape index (κ3) is 7.77. The van der Waals surface area contributed by atoms with E-state index in [2.05, 4.69) is 18.3 Å². The molecule has 1 aliphatic rings. The van der Waals surface area contributed by atoms with E-state index in [1.807, 2.05) is 6.92 Å². The minimum absolute atomic E-state index is 0.0238. The largest absolute Gasteiger partial charge is 0.356 e. The lowest BCUT2D eigenvalue weighted by Crippen LogP contribution is -2.24. The second-order valence-corrected chi connectivity index (χ2v) is 6.55. The molecule has 0 saturated carbocycles. The van der Waals surface area contributed by atoms with E-state index in [1.54, 1.807) is 0 Å². The number of carbonyl (C=O) groups excluding carboxylic acids is 2. The van der Waals surface area contributed by atoms with Crippen molar-refractivity contribution in [3.63, 3.8) is 0 Å². The maximum Gasteiger partial charge on any atom is 0.220 e. The van der Waals surface area contributed by atoms with Crippen LogP contribution in [-0.4, -0.2) is 18.2 Å². The predicted molar refractivity (Wildman–Crippen MR) is 91.7 cm³/mol. The van der Waals surface area contributed by atoms with Crippen molar-refractivity contribution < 1.29 is 9.59 Å². The van der Waals surface area contributed by atoms with Gasteiger partial charge in [0.25, 0.3) is 0 Å². The average Bonchev–Trinajstić information content (AvgIpc) is 2.73. The summed E-state index contributed by atoms with van der Waals surface area (Å²) in [5, 5.41) is 2.84. The quantitative estimate of drug-likeness (QED) is 0.475. The Morgan fingerprint density at radius 3 is 2.59 bits per heavy atom. The van der Waals surface area contributed by atoms with Crippen LogP contribution < -0.4 is 5.32 Å². The highest BCUT2D eigenvalue weighted by molar-refractivity contribution is 5.98.